The third-order valence-electron chi connectivity index (χ3n) is 3.41. The minimum Gasteiger partial charge on any atom is -0.497 e. The van der Waals surface area contributed by atoms with E-state index in [0.717, 1.165) is 6.42 Å². The standard InChI is InChI=1S/C17H22N2O5/c1-4-12(10-21-2)18-17(20)16-9-15(24-19-16)11-23-14-7-5-6-13(8-14)22-3/h5-9,12H,4,10-11H2,1-3H3,(H,18,20)/t12-/m0/s1. The minimum atomic E-state index is -0.296. The van der Waals surface area contributed by atoms with Gasteiger partial charge in [0.15, 0.2) is 11.5 Å². The predicted molar refractivity (Wildman–Crippen MR) is 87.3 cm³/mol. The SMILES string of the molecule is CC[C@@H](COC)NC(=O)c1cc(COc2cccc(OC)c2)on1. The zero-order chi connectivity index (χ0) is 17.4. The van der Waals surface area contributed by atoms with Crippen LogP contribution < -0.4 is 14.8 Å². The molecule has 1 aromatic heterocycles. The van der Waals surface area contributed by atoms with Gasteiger partial charge in [0.05, 0.1) is 19.8 Å². The Kier molecular flexibility index (Phi) is 6.62. The number of carbonyl (C=O) groups excluding carboxylic acids is 1. The van der Waals surface area contributed by atoms with E-state index in [9.17, 15) is 4.79 Å². The van der Waals surface area contributed by atoms with Gasteiger partial charge in [-0.15, -0.1) is 0 Å². The van der Waals surface area contributed by atoms with E-state index in [4.69, 9.17) is 18.7 Å². The van der Waals surface area contributed by atoms with E-state index in [1.807, 2.05) is 25.1 Å². The summed E-state index contributed by atoms with van der Waals surface area (Å²) in [7, 11) is 3.19. The van der Waals surface area contributed by atoms with Gasteiger partial charge in [0.25, 0.3) is 5.91 Å². The maximum atomic E-state index is 12.1. The lowest BCUT2D eigenvalue weighted by Crippen LogP contribution is -2.37. The number of nitrogens with zero attached hydrogens (tertiary/aromatic N) is 1. The summed E-state index contributed by atoms with van der Waals surface area (Å²) in [5.41, 5.74) is 0.216. The molecule has 0 bridgehead atoms. The van der Waals surface area contributed by atoms with Crippen LogP contribution in [0.25, 0.3) is 0 Å². The number of amides is 1. The van der Waals surface area contributed by atoms with Gasteiger partial charge in [-0.1, -0.05) is 18.1 Å². The molecule has 24 heavy (non-hydrogen) atoms. The second-order valence-electron chi connectivity index (χ2n) is 5.18. The van der Waals surface area contributed by atoms with Gasteiger partial charge in [-0.3, -0.25) is 4.79 Å². The first-order valence-electron chi connectivity index (χ1n) is 7.68. The van der Waals surface area contributed by atoms with E-state index >= 15 is 0 Å². The Morgan fingerprint density at radius 1 is 1.29 bits per heavy atom. The molecule has 7 heteroatoms. The third kappa shape index (κ3) is 4.99. The van der Waals surface area contributed by atoms with Crippen LogP contribution >= 0.6 is 0 Å². The van der Waals surface area contributed by atoms with Crippen molar-refractivity contribution in [3.63, 3.8) is 0 Å². The number of benzene rings is 1. The van der Waals surface area contributed by atoms with Crippen molar-refractivity contribution in [2.75, 3.05) is 20.8 Å². The van der Waals surface area contributed by atoms with E-state index in [1.54, 1.807) is 26.4 Å². The summed E-state index contributed by atoms with van der Waals surface area (Å²) in [6, 6.07) is 8.73. The average molecular weight is 334 g/mol. The van der Waals surface area contributed by atoms with Crippen molar-refractivity contribution in [1.29, 1.82) is 0 Å². The Bertz CT molecular complexity index is 656. The van der Waals surface area contributed by atoms with Gasteiger partial charge in [0.1, 0.15) is 18.1 Å². The maximum absolute atomic E-state index is 12.1. The van der Waals surface area contributed by atoms with Gasteiger partial charge in [-0.25, -0.2) is 0 Å². The fraction of sp³-hybridized carbons (Fsp3) is 0.412. The van der Waals surface area contributed by atoms with Gasteiger partial charge in [-0.2, -0.15) is 0 Å². The lowest BCUT2D eigenvalue weighted by Gasteiger charge is -2.14. The first kappa shape index (κ1) is 17.8. The van der Waals surface area contributed by atoms with E-state index in [0.29, 0.717) is 23.9 Å². The van der Waals surface area contributed by atoms with Crippen molar-refractivity contribution in [2.24, 2.45) is 0 Å². The highest BCUT2D eigenvalue weighted by atomic mass is 16.5. The van der Waals surface area contributed by atoms with Gasteiger partial charge >= 0.3 is 0 Å². The lowest BCUT2D eigenvalue weighted by molar-refractivity contribution is 0.0885. The summed E-state index contributed by atoms with van der Waals surface area (Å²) in [5, 5.41) is 6.62. The largest absolute Gasteiger partial charge is 0.497 e. The van der Waals surface area contributed by atoms with Crippen molar-refractivity contribution in [2.45, 2.75) is 26.0 Å². The molecule has 1 atom stereocenters. The van der Waals surface area contributed by atoms with Crippen molar-refractivity contribution in [3.05, 3.63) is 41.8 Å². The van der Waals surface area contributed by atoms with Crippen LogP contribution in [0.1, 0.15) is 29.6 Å². The first-order valence-corrected chi connectivity index (χ1v) is 7.68. The van der Waals surface area contributed by atoms with Crippen LogP contribution in [0.5, 0.6) is 11.5 Å². The Labute approximate surface area is 140 Å². The molecule has 0 aliphatic rings. The van der Waals surface area contributed by atoms with E-state index in [2.05, 4.69) is 10.5 Å². The van der Waals surface area contributed by atoms with Gasteiger partial charge in [-0.05, 0) is 18.6 Å². The molecular formula is C17H22N2O5. The molecule has 0 saturated carbocycles. The van der Waals surface area contributed by atoms with Crippen molar-refractivity contribution in [1.82, 2.24) is 10.5 Å². The Balaban J connectivity index is 1.91. The Morgan fingerprint density at radius 3 is 2.79 bits per heavy atom. The predicted octanol–water partition coefficient (Wildman–Crippen LogP) is 2.42. The topological polar surface area (TPSA) is 82.8 Å². The molecular weight excluding hydrogens is 312 g/mol. The first-order chi connectivity index (χ1) is 11.7. The molecule has 2 aromatic rings. The monoisotopic (exact) mass is 334 g/mol. The van der Waals surface area contributed by atoms with Crippen LogP contribution in [0.15, 0.2) is 34.9 Å². The lowest BCUT2D eigenvalue weighted by atomic mass is 10.2. The number of rotatable bonds is 9. The van der Waals surface area contributed by atoms with Crippen molar-refractivity contribution < 1.29 is 23.5 Å². The fourth-order valence-corrected chi connectivity index (χ4v) is 2.06. The van der Waals surface area contributed by atoms with Crippen LogP contribution in [0.3, 0.4) is 0 Å². The zero-order valence-corrected chi connectivity index (χ0v) is 14.1. The van der Waals surface area contributed by atoms with Crippen LogP contribution in [0.2, 0.25) is 0 Å². The highest BCUT2D eigenvalue weighted by Crippen LogP contribution is 2.20. The summed E-state index contributed by atoms with van der Waals surface area (Å²) in [5.74, 6) is 1.51. The number of ether oxygens (including phenoxy) is 3. The molecule has 0 aliphatic carbocycles. The number of aromatic nitrogens is 1. The van der Waals surface area contributed by atoms with Crippen molar-refractivity contribution >= 4 is 5.91 Å². The second-order valence-corrected chi connectivity index (χ2v) is 5.18. The molecule has 7 nitrogen and oxygen atoms in total. The normalized spacial score (nSPS) is 11.8. The summed E-state index contributed by atoms with van der Waals surface area (Å²) >= 11 is 0. The molecule has 0 fully saturated rings. The molecule has 0 aliphatic heterocycles. The zero-order valence-electron chi connectivity index (χ0n) is 14.1. The summed E-state index contributed by atoms with van der Waals surface area (Å²) in [4.78, 5) is 12.1. The highest BCUT2D eigenvalue weighted by molar-refractivity contribution is 5.92. The van der Waals surface area contributed by atoms with Gasteiger partial charge < -0.3 is 24.1 Å². The van der Waals surface area contributed by atoms with Crippen LogP contribution in [-0.4, -0.2) is 37.9 Å². The number of carbonyl (C=O) groups is 1. The second kappa shape index (κ2) is 8.93. The molecule has 0 saturated heterocycles. The number of methoxy groups -OCH3 is 2. The summed E-state index contributed by atoms with van der Waals surface area (Å²) in [6.45, 7) is 2.59. The van der Waals surface area contributed by atoms with E-state index in [1.165, 1.54) is 0 Å². The number of hydrogen-bond donors (Lipinski definition) is 1. The molecule has 130 valence electrons. The number of nitrogens with one attached hydrogen (secondary N) is 1. The third-order valence-corrected chi connectivity index (χ3v) is 3.41. The van der Waals surface area contributed by atoms with Crippen LogP contribution in [0, 0.1) is 0 Å². The smallest absolute Gasteiger partial charge is 0.273 e. The average Bonchev–Trinajstić information content (AvgIpc) is 3.09. The molecule has 0 spiro atoms. The Hall–Kier alpha value is -2.54. The molecule has 1 heterocycles. The molecule has 1 amide bonds. The summed E-state index contributed by atoms with van der Waals surface area (Å²) < 4.78 is 20.9. The van der Waals surface area contributed by atoms with Gasteiger partial charge in [0, 0.05) is 19.2 Å². The summed E-state index contributed by atoms with van der Waals surface area (Å²) in [6.07, 6.45) is 0.767. The fourth-order valence-electron chi connectivity index (χ4n) is 2.06. The Morgan fingerprint density at radius 2 is 2.08 bits per heavy atom. The molecule has 1 N–H and O–H groups in total. The maximum Gasteiger partial charge on any atom is 0.273 e. The van der Waals surface area contributed by atoms with Crippen molar-refractivity contribution in [3.8, 4) is 11.5 Å². The quantitative estimate of drug-likeness (QED) is 0.758. The molecule has 0 radical (unpaired) electrons. The molecule has 1 aromatic carbocycles. The van der Waals surface area contributed by atoms with Crippen LogP contribution in [0.4, 0.5) is 0 Å². The van der Waals surface area contributed by atoms with E-state index in [-0.39, 0.29) is 24.2 Å². The van der Waals surface area contributed by atoms with Gasteiger partial charge in [0.2, 0.25) is 0 Å². The molecule has 0 unspecified atom stereocenters. The minimum absolute atomic E-state index is 0.0596. The van der Waals surface area contributed by atoms with Crippen LogP contribution in [-0.2, 0) is 11.3 Å². The number of hydrogen-bond acceptors (Lipinski definition) is 6. The van der Waals surface area contributed by atoms with E-state index < -0.39 is 0 Å². The molecule has 2 rings (SSSR count). The highest BCUT2D eigenvalue weighted by Gasteiger charge is 2.16.